The third kappa shape index (κ3) is 4.84. The molecule has 0 spiro atoms. The number of thiocarbonyl (C=S) groups is 1. The van der Waals surface area contributed by atoms with Crippen molar-refractivity contribution in [3.05, 3.63) is 89.4 Å². The van der Waals surface area contributed by atoms with Crippen LogP contribution in [0.2, 0.25) is 5.02 Å². The molecular weight excluding hydrogens is 458 g/mol. The third-order valence-electron chi connectivity index (χ3n) is 5.39. The number of methoxy groups -OCH3 is 1. The minimum absolute atomic E-state index is 0.0786. The highest BCUT2D eigenvalue weighted by molar-refractivity contribution is 7.80. The molecule has 168 valence electrons. The number of halogens is 1. The van der Waals surface area contributed by atoms with Gasteiger partial charge in [-0.2, -0.15) is 0 Å². The van der Waals surface area contributed by atoms with E-state index in [9.17, 15) is 9.59 Å². The number of para-hydroxylation sites is 3. The van der Waals surface area contributed by atoms with E-state index < -0.39 is 6.04 Å². The number of rotatable bonds is 7. The molecule has 1 N–H and O–H groups in total. The minimum Gasteiger partial charge on any atom is -0.495 e. The van der Waals surface area contributed by atoms with E-state index in [1.54, 1.807) is 29.2 Å². The minimum atomic E-state index is -0.774. The van der Waals surface area contributed by atoms with Gasteiger partial charge in [-0.15, -0.1) is 0 Å². The number of amides is 2. The van der Waals surface area contributed by atoms with Gasteiger partial charge in [0.2, 0.25) is 5.91 Å². The lowest BCUT2D eigenvalue weighted by molar-refractivity contribution is -0.124. The first-order chi connectivity index (χ1) is 16.0. The van der Waals surface area contributed by atoms with Gasteiger partial charge in [-0.3, -0.25) is 14.5 Å². The normalized spacial score (nSPS) is 15.6. The molecule has 1 aliphatic rings. The van der Waals surface area contributed by atoms with Gasteiger partial charge in [0.05, 0.1) is 24.9 Å². The van der Waals surface area contributed by atoms with E-state index in [0.29, 0.717) is 33.8 Å². The highest BCUT2D eigenvalue weighted by Gasteiger charge is 2.44. The molecule has 3 aromatic rings. The summed E-state index contributed by atoms with van der Waals surface area (Å²) < 4.78 is 5.31. The molecule has 0 saturated carbocycles. The maximum absolute atomic E-state index is 13.5. The van der Waals surface area contributed by atoms with Crippen LogP contribution in [0.1, 0.15) is 12.0 Å². The van der Waals surface area contributed by atoms with E-state index >= 15 is 0 Å². The molecule has 8 heteroatoms. The Balaban J connectivity index is 1.62. The van der Waals surface area contributed by atoms with Gasteiger partial charge in [-0.25, -0.2) is 0 Å². The Kier molecular flexibility index (Phi) is 6.91. The number of hydrogen-bond acceptors (Lipinski definition) is 4. The average molecular weight is 480 g/mol. The van der Waals surface area contributed by atoms with Crippen LogP contribution < -0.4 is 15.0 Å². The second-order valence-electron chi connectivity index (χ2n) is 7.48. The molecule has 1 aliphatic heterocycles. The number of carbonyl (C=O) groups is 2. The van der Waals surface area contributed by atoms with Crippen molar-refractivity contribution in [2.45, 2.75) is 19.0 Å². The van der Waals surface area contributed by atoms with Gasteiger partial charge in [-0.1, -0.05) is 60.1 Å². The second kappa shape index (κ2) is 10.0. The summed E-state index contributed by atoms with van der Waals surface area (Å²) in [6.07, 6.45) is -0.0786. The van der Waals surface area contributed by atoms with E-state index in [-0.39, 0.29) is 18.2 Å². The summed E-state index contributed by atoms with van der Waals surface area (Å²) >= 11 is 12.1. The summed E-state index contributed by atoms with van der Waals surface area (Å²) in [5, 5.41) is 3.75. The zero-order valence-electron chi connectivity index (χ0n) is 17.9. The van der Waals surface area contributed by atoms with Gasteiger partial charge in [0, 0.05) is 11.6 Å². The van der Waals surface area contributed by atoms with Crippen molar-refractivity contribution in [2.75, 3.05) is 17.3 Å². The van der Waals surface area contributed by atoms with Crippen LogP contribution in [0.25, 0.3) is 0 Å². The number of nitrogens with zero attached hydrogens (tertiary/aromatic N) is 2. The molecule has 6 nitrogen and oxygen atoms in total. The first-order valence-electron chi connectivity index (χ1n) is 10.4. The summed E-state index contributed by atoms with van der Waals surface area (Å²) in [7, 11) is 1.53. The highest BCUT2D eigenvalue weighted by Crippen LogP contribution is 2.30. The summed E-state index contributed by atoms with van der Waals surface area (Å²) in [5.41, 5.74) is 2.01. The Morgan fingerprint density at radius 3 is 2.42 bits per heavy atom. The number of carbonyl (C=O) groups excluding carboxylic acids is 2. The zero-order chi connectivity index (χ0) is 23.4. The largest absolute Gasteiger partial charge is 0.495 e. The van der Waals surface area contributed by atoms with Crippen molar-refractivity contribution >= 4 is 52.1 Å². The standard InChI is InChI=1S/C25H22ClN3O3S/c1-32-22-14-8-7-13-20(22)27-23(30)15-21-24(31)29(18-10-3-2-4-11-18)25(33)28(21)16-17-9-5-6-12-19(17)26/h2-14,21H,15-16H2,1H3,(H,27,30)/t21-/m1/s1. The van der Waals surface area contributed by atoms with E-state index in [2.05, 4.69) is 5.32 Å². The fraction of sp³-hybridized carbons (Fsp3) is 0.160. The third-order valence-corrected chi connectivity index (χ3v) is 6.18. The molecule has 0 aromatic heterocycles. The molecule has 3 aromatic carbocycles. The molecule has 2 amide bonds. The quantitative estimate of drug-likeness (QED) is 0.489. The average Bonchev–Trinajstić information content (AvgIpc) is 3.05. The number of ether oxygens (including phenoxy) is 1. The predicted molar refractivity (Wildman–Crippen MR) is 134 cm³/mol. The van der Waals surface area contributed by atoms with Crippen LogP contribution >= 0.6 is 23.8 Å². The Hall–Kier alpha value is -3.42. The molecule has 4 rings (SSSR count). The predicted octanol–water partition coefficient (Wildman–Crippen LogP) is 4.88. The molecule has 1 saturated heterocycles. The smallest absolute Gasteiger partial charge is 0.256 e. The summed E-state index contributed by atoms with van der Waals surface area (Å²) in [4.78, 5) is 29.7. The number of benzene rings is 3. The van der Waals surface area contributed by atoms with E-state index in [4.69, 9.17) is 28.6 Å². The summed E-state index contributed by atoms with van der Waals surface area (Å²) in [6.45, 7) is 0.306. The highest BCUT2D eigenvalue weighted by atomic mass is 35.5. The SMILES string of the molecule is COc1ccccc1NC(=O)C[C@@H]1C(=O)N(c2ccccc2)C(=S)N1Cc1ccccc1Cl. The van der Waals surface area contributed by atoms with E-state index in [1.165, 1.54) is 12.0 Å². The first kappa shape index (κ1) is 22.8. The Morgan fingerprint density at radius 2 is 1.70 bits per heavy atom. The van der Waals surface area contributed by atoms with Gasteiger partial charge in [0.1, 0.15) is 11.8 Å². The summed E-state index contributed by atoms with van der Waals surface area (Å²) in [5.74, 6) is -0.0360. The molecule has 0 bridgehead atoms. The van der Waals surface area contributed by atoms with Crippen LogP contribution in [0.4, 0.5) is 11.4 Å². The Bertz CT molecular complexity index is 1190. The lowest BCUT2D eigenvalue weighted by Crippen LogP contribution is -2.37. The summed E-state index contributed by atoms with van der Waals surface area (Å²) in [6, 6.07) is 22.9. The molecule has 0 aliphatic carbocycles. The maximum atomic E-state index is 13.5. The molecule has 1 heterocycles. The van der Waals surface area contributed by atoms with Crippen molar-refractivity contribution in [3.8, 4) is 5.75 Å². The lowest BCUT2D eigenvalue weighted by Gasteiger charge is -2.24. The molecule has 0 radical (unpaired) electrons. The van der Waals surface area contributed by atoms with Crippen LogP contribution in [0.3, 0.4) is 0 Å². The molecule has 1 atom stereocenters. The molecule has 1 fully saturated rings. The van der Waals surface area contributed by atoms with Crippen LogP contribution in [0, 0.1) is 0 Å². The van der Waals surface area contributed by atoms with Crippen molar-refractivity contribution in [2.24, 2.45) is 0 Å². The van der Waals surface area contributed by atoms with Crippen molar-refractivity contribution in [3.63, 3.8) is 0 Å². The molecule has 33 heavy (non-hydrogen) atoms. The fourth-order valence-electron chi connectivity index (χ4n) is 3.76. The van der Waals surface area contributed by atoms with Crippen molar-refractivity contribution in [1.29, 1.82) is 0 Å². The van der Waals surface area contributed by atoms with Gasteiger partial charge in [-0.05, 0) is 48.1 Å². The number of nitrogens with one attached hydrogen (secondary N) is 1. The molecular formula is C25H22ClN3O3S. The first-order valence-corrected chi connectivity index (χ1v) is 11.1. The van der Waals surface area contributed by atoms with E-state index in [0.717, 1.165) is 5.56 Å². The monoisotopic (exact) mass is 479 g/mol. The van der Waals surface area contributed by atoms with Gasteiger partial charge in [0.25, 0.3) is 5.91 Å². The van der Waals surface area contributed by atoms with Gasteiger partial charge < -0.3 is 15.0 Å². The van der Waals surface area contributed by atoms with Crippen molar-refractivity contribution in [1.82, 2.24) is 4.90 Å². The van der Waals surface area contributed by atoms with Gasteiger partial charge in [0.15, 0.2) is 5.11 Å². The zero-order valence-corrected chi connectivity index (χ0v) is 19.5. The number of anilines is 2. The van der Waals surface area contributed by atoms with Crippen molar-refractivity contribution < 1.29 is 14.3 Å². The maximum Gasteiger partial charge on any atom is 0.256 e. The van der Waals surface area contributed by atoms with E-state index in [1.807, 2.05) is 54.6 Å². The van der Waals surface area contributed by atoms with Crippen LogP contribution in [0.5, 0.6) is 5.75 Å². The topological polar surface area (TPSA) is 61.9 Å². The van der Waals surface area contributed by atoms with Crippen LogP contribution in [-0.2, 0) is 16.1 Å². The van der Waals surface area contributed by atoms with Crippen LogP contribution in [-0.4, -0.2) is 35.0 Å². The van der Waals surface area contributed by atoms with Gasteiger partial charge >= 0.3 is 0 Å². The molecule has 0 unspecified atom stereocenters. The number of hydrogen-bond donors (Lipinski definition) is 1. The second-order valence-corrected chi connectivity index (χ2v) is 8.25. The Morgan fingerprint density at radius 1 is 1.03 bits per heavy atom. The lowest BCUT2D eigenvalue weighted by atomic mass is 10.1. The fourth-order valence-corrected chi connectivity index (χ4v) is 4.35. The Labute approximate surface area is 202 Å². The van der Waals surface area contributed by atoms with Crippen LogP contribution in [0.15, 0.2) is 78.9 Å².